The average molecular weight is 279 g/mol. The quantitative estimate of drug-likeness (QED) is 0.779. The summed E-state index contributed by atoms with van der Waals surface area (Å²) in [7, 11) is 3.74. The molecule has 1 rings (SSSR count). The van der Waals surface area contributed by atoms with E-state index in [1.165, 1.54) is 5.56 Å². The fraction of sp³-hybridized carbons (Fsp3) is 0.647. The molecule has 114 valence electrons. The van der Waals surface area contributed by atoms with Gasteiger partial charge in [-0.2, -0.15) is 0 Å². The van der Waals surface area contributed by atoms with Gasteiger partial charge in [-0.15, -0.1) is 0 Å². The van der Waals surface area contributed by atoms with Crippen molar-refractivity contribution in [3.8, 4) is 0 Å². The third kappa shape index (κ3) is 5.61. The summed E-state index contributed by atoms with van der Waals surface area (Å²) in [5, 5.41) is 10.3. The Labute approximate surface area is 123 Å². The van der Waals surface area contributed by atoms with Gasteiger partial charge in [-0.25, -0.2) is 0 Å². The highest BCUT2D eigenvalue weighted by atomic mass is 16.5. The van der Waals surface area contributed by atoms with E-state index in [0.717, 1.165) is 25.1 Å². The monoisotopic (exact) mass is 279 g/mol. The predicted molar refractivity (Wildman–Crippen MR) is 84.1 cm³/mol. The van der Waals surface area contributed by atoms with Crippen molar-refractivity contribution in [3.63, 3.8) is 0 Å². The summed E-state index contributed by atoms with van der Waals surface area (Å²) < 4.78 is 5.04. The van der Waals surface area contributed by atoms with Crippen LogP contribution in [0.4, 0.5) is 0 Å². The highest BCUT2D eigenvalue weighted by Crippen LogP contribution is 2.24. The van der Waals surface area contributed by atoms with Gasteiger partial charge in [-0.1, -0.05) is 45.0 Å². The summed E-state index contributed by atoms with van der Waals surface area (Å²) in [6, 6.07) is 8.30. The van der Waals surface area contributed by atoms with Crippen molar-refractivity contribution in [1.82, 2.24) is 4.90 Å². The van der Waals surface area contributed by atoms with E-state index in [-0.39, 0.29) is 5.41 Å². The molecule has 0 saturated carbocycles. The molecule has 0 amide bonds. The van der Waals surface area contributed by atoms with Crippen molar-refractivity contribution in [2.75, 3.05) is 33.9 Å². The van der Waals surface area contributed by atoms with Crippen LogP contribution in [0, 0.1) is 0 Å². The van der Waals surface area contributed by atoms with Crippen LogP contribution < -0.4 is 0 Å². The number of aliphatic hydroxyl groups is 1. The van der Waals surface area contributed by atoms with E-state index in [1.807, 2.05) is 19.2 Å². The minimum absolute atomic E-state index is 0.153. The Morgan fingerprint density at radius 2 is 1.80 bits per heavy atom. The van der Waals surface area contributed by atoms with Gasteiger partial charge in [0, 0.05) is 26.8 Å². The minimum atomic E-state index is -0.434. The number of ether oxygens (including phenoxy) is 1. The molecule has 0 aliphatic rings. The summed E-state index contributed by atoms with van der Waals surface area (Å²) in [5.41, 5.74) is 2.43. The number of hydrogen-bond donors (Lipinski definition) is 1. The molecule has 3 heteroatoms. The maximum absolute atomic E-state index is 10.3. The predicted octanol–water partition coefficient (Wildman–Crippen LogP) is 2.99. The third-order valence-electron chi connectivity index (χ3n) is 3.53. The lowest BCUT2D eigenvalue weighted by Crippen LogP contribution is -2.26. The second-order valence-corrected chi connectivity index (χ2v) is 6.50. The van der Waals surface area contributed by atoms with Crippen LogP contribution in [0.1, 0.15) is 44.4 Å². The number of methoxy groups -OCH3 is 1. The lowest BCUT2D eigenvalue weighted by molar-refractivity contribution is 0.117. The molecule has 0 aliphatic heterocycles. The molecule has 0 heterocycles. The molecule has 1 unspecified atom stereocenters. The zero-order valence-electron chi connectivity index (χ0n) is 13.5. The van der Waals surface area contributed by atoms with Crippen molar-refractivity contribution in [1.29, 1.82) is 0 Å². The smallest absolute Gasteiger partial charge is 0.0916 e. The van der Waals surface area contributed by atoms with Crippen LogP contribution in [0.5, 0.6) is 0 Å². The van der Waals surface area contributed by atoms with E-state index >= 15 is 0 Å². The van der Waals surface area contributed by atoms with E-state index in [4.69, 9.17) is 4.74 Å². The number of hydrogen-bond acceptors (Lipinski definition) is 3. The summed E-state index contributed by atoms with van der Waals surface area (Å²) in [6.07, 6.45) is 0.555. The first-order valence-corrected chi connectivity index (χ1v) is 7.30. The second kappa shape index (κ2) is 7.77. The molecule has 1 aromatic rings. The van der Waals surface area contributed by atoms with Crippen molar-refractivity contribution in [2.45, 2.75) is 38.7 Å². The van der Waals surface area contributed by atoms with Gasteiger partial charge in [0.2, 0.25) is 0 Å². The van der Waals surface area contributed by atoms with E-state index in [9.17, 15) is 5.11 Å². The van der Waals surface area contributed by atoms with Crippen molar-refractivity contribution >= 4 is 0 Å². The fourth-order valence-corrected chi connectivity index (χ4v) is 2.18. The molecule has 0 bridgehead atoms. The van der Waals surface area contributed by atoms with Crippen LogP contribution in [-0.4, -0.2) is 43.9 Å². The Balaban J connectivity index is 2.53. The number of likely N-dealkylation sites (N-methyl/N-ethyl adjacent to an activating group) is 1. The zero-order chi connectivity index (χ0) is 15.2. The molecule has 3 nitrogen and oxygen atoms in total. The van der Waals surface area contributed by atoms with E-state index < -0.39 is 6.10 Å². The van der Waals surface area contributed by atoms with E-state index in [1.54, 1.807) is 7.11 Å². The van der Waals surface area contributed by atoms with Crippen LogP contribution in [0.2, 0.25) is 0 Å². The number of benzene rings is 1. The Morgan fingerprint density at radius 1 is 1.20 bits per heavy atom. The van der Waals surface area contributed by atoms with Gasteiger partial charge in [-0.3, -0.25) is 0 Å². The summed E-state index contributed by atoms with van der Waals surface area (Å²) in [6.45, 7) is 8.94. The highest BCUT2D eigenvalue weighted by molar-refractivity contribution is 5.28. The van der Waals surface area contributed by atoms with E-state index in [0.29, 0.717) is 6.54 Å². The SMILES string of the molecule is COCCCN(C)CC(O)c1ccc(C(C)(C)C)cc1. The number of nitrogens with zero attached hydrogens (tertiary/aromatic N) is 1. The van der Waals surface area contributed by atoms with Gasteiger partial charge in [0.1, 0.15) is 0 Å². The Morgan fingerprint density at radius 3 is 2.30 bits per heavy atom. The summed E-state index contributed by atoms with van der Waals surface area (Å²) in [4.78, 5) is 2.14. The topological polar surface area (TPSA) is 32.7 Å². The van der Waals surface area contributed by atoms with Crippen LogP contribution in [0.3, 0.4) is 0 Å². The van der Waals surface area contributed by atoms with Crippen LogP contribution in [-0.2, 0) is 10.2 Å². The van der Waals surface area contributed by atoms with Crippen molar-refractivity contribution in [3.05, 3.63) is 35.4 Å². The minimum Gasteiger partial charge on any atom is -0.387 e. The molecule has 1 aromatic carbocycles. The molecule has 0 saturated heterocycles. The Hall–Kier alpha value is -0.900. The van der Waals surface area contributed by atoms with E-state index in [2.05, 4.69) is 37.8 Å². The molecule has 0 radical (unpaired) electrons. The zero-order valence-corrected chi connectivity index (χ0v) is 13.5. The molecular weight excluding hydrogens is 250 g/mol. The Kier molecular flexibility index (Phi) is 6.66. The van der Waals surface area contributed by atoms with Gasteiger partial charge < -0.3 is 14.7 Å². The van der Waals surface area contributed by atoms with Gasteiger partial charge in [-0.05, 0) is 30.0 Å². The molecule has 0 spiro atoms. The van der Waals surface area contributed by atoms with Crippen LogP contribution >= 0.6 is 0 Å². The molecule has 1 N–H and O–H groups in total. The fourth-order valence-electron chi connectivity index (χ4n) is 2.18. The molecule has 0 aliphatic carbocycles. The molecular formula is C17H29NO2. The third-order valence-corrected chi connectivity index (χ3v) is 3.53. The van der Waals surface area contributed by atoms with Gasteiger partial charge in [0.25, 0.3) is 0 Å². The lowest BCUT2D eigenvalue weighted by atomic mass is 9.86. The maximum atomic E-state index is 10.3. The van der Waals surface area contributed by atoms with Gasteiger partial charge >= 0.3 is 0 Å². The Bertz CT molecular complexity index is 381. The van der Waals surface area contributed by atoms with Crippen LogP contribution in [0.25, 0.3) is 0 Å². The number of aliphatic hydroxyl groups excluding tert-OH is 1. The molecule has 1 atom stereocenters. The molecule has 0 aromatic heterocycles. The first-order chi connectivity index (χ1) is 9.34. The summed E-state index contributed by atoms with van der Waals surface area (Å²) in [5.74, 6) is 0. The first-order valence-electron chi connectivity index (χ1n) is 7.30. The van der Waals surface area contributed by atoms with Crippen molar-refractivity contribution < 1.29 is 9.84 Å². The van der Waals surface area contributed by atoms with Crippen molar-refractivity contribution in [2.24, 2.45) is 0 Å². The van der Waals surface area contributed by atoms with Gasteiger partial charge in [0.05, 0.1) is 6.10 Å². The largest absolute Gasteiger partial charge is 0.387 e. The van der Waals surface area contributed by atoms with Gasteiger partial charge in [0.15, 0.2) is 0 Å². The standard InChI is InChI=1S/C17H29NO2/c1-17(2,3)15-9-7-14(8-10-15)16(19)13-18(4)11-6-12-20-5/h7-10,16,19H,6,11-13H2,1-5H3. The summed E-state index contributed by atoms with van der Waals surface area (Å²) >= 11 is 0. The first kappa shape index (κ1) is 17.2. The lowest BCUT2D eigenvalue weighted by Gasteiger charge is -2.22. The molecule has 0 fully saturated rings. The maximum Gasteiger partial charge on any atom is 0.0916 e. The highest BCUT2D eigenvalue weighted by Gasteiger charge is 2.15. The normalized spacial score (nSPS) is 13.8. The number of rotatable bonds is 7. The molecule has 20 heavy (non-hydrogen) atoms. The average Bonchev–Trinajstić information content (AvgIpc) is 2.38. The van der Waals surface area contributed by atoms with Crippen LogP contribution in [0.15, 0.2) is 24.3 Å². The second-order valence-electron chi connectivity index (χ2n) is 6.50.